The molecule has 1 heterocycles. The fraction of sp³-hybridized carbons (Fsp3) is 0.250. The van der Waals surface area contributed by atoms with Crippen LogP contribution in [0.1, 0.15) is 17.5 Å². The molecule has 0 fully saturated rings. The first kappa shape index (κ1) is 24.5. The molecule has 3 aromatic rings. The molecule has 0 aliphatic rings. The number of aromatic nitrogens is 1. The number of hydrogen-bond acceptors (Lipinski definition) is 5. The molecule has 3 atom stereocenters. The van der Waals surface area contributed by atoms with Gasteiger partial charge in [-0.25, -0.2) is 4.79 Å². The summed E-state index contributed by atoms with van der Waals surface area (Å²) in [5, 5.41) is 24.4. The SMILES string of the molecule is N[C@@H](CC(=O)O)C(=O)N[C@@H](Cc1c[nH]c2ccccc12)C(=O)N[C@@H](Cc1ccccc1)C(=O)O. The zero-order valence-electron chi connectivity index (χ0n) is 18.2. The molecule has 0 radical (unpaired) electrons. The predicted molar refractivity (Wildman–Crippen MR) is 124 cm³/mol. The summed E-state index contributed by atoms with van der Waals surface area (Å²) in [6.07, 6.45) is 1.18. The van der Waals surface area contributed by atoms with Crippen molar-refractivity contribution < 1.29 is 29.4 Å². The molecule has 2 amide bonds. The number of fused-ring (bicyclic) bond motifs is 1. The lowest BCUT2D eigenvalue weighted by atomic mass is 10.0. The molecule has 0 unspecified atom stereocenters. The molecule has 3 rings (SSSR count). The number of para-hydroxylation sites is 1. The van der Waals surface area contributed by atoms with Crippen LogP contribution in [0, 0.1) is 0 Å². The van der Waals surface area contributed by atoms with Crippen molar-refractivity contribution in [2.75, 3.05) is 0 Å². The number of aromatic amines is 1. The van der Waals surface area contributed by atoms with E-state index in [4.69, 9.17) is 10.8 Å². The van der Waals surface area contributed by atoms with Gasteiger partial charge in [0.1, 0.15) is 12.1 Å². The number of rotatable bonds is 11. The third-order valence-electron chi connectivity index (χ3n) is 5.36. The highest BCUT2D eigenvalue weighted by atomic mass is 16.4. The van der Waals surface area contributed by atoms with Crippen LogP contribution in [0.15, 0.2) is 60.8 Å². The fourth-order valence-corrected chi connectivity index (χ4v) is 3.61. The van der Waals surface area contributed by atoms with E-state index in [1.165, 1.54) is 0 Å². The molecule has 34 heavy (non-hydrogen) atoms. The van der Waals surface area contributed by atoms with Gasteiger partial charge >= 0.3 is 11.9 Å². The average Bonchev–Trinajstić information content (AvgIpc) is 3.21. The standard InChI is InChI=1S/C24H26N4O6/c25-17(12-21(29)30)22(31)27-19(11-15-13-26-18-9-5-4-8-16(15)18)23(32)28-20(24(33)34)10-14-6-2-1-3-7-14/h1-9,13,17,19-20,26H,10-12,25H2,(H,27,31)(H,28,32)(H,29,30)(H,33,34)/t17-,19-,20-/m0/s1. The molecule has 0 saturated heterocycles. The zero-order valence-corrected chi connectivity index (χ0v) is 18.2. The third-order valence-corrected chi connectivity index (χ3v) is 5.36. The minimum Gasteiger partial charge on any atom is -0.481 e. The van der Waals surface area contributed by atoms with Gasteiger partial charge in [0.05, 0.1) is 12.5 Å². The van der Waals surface area contributed by atoms with Crippen LogP contribution in [-0.4, -0.2) is 57.1 Å². The van der Waals surface area contributed by atoms with Crippen molar-refractivity contribution in [3.63, 3.8) is 0 Å². The summed E-state index contributed by atoms with van der Waals surface area (Å²) >= 11 is 0. The first-order valence-corrected chi connectivity index (χ1v) is 10.6. The summed E-state index contributed by atoms with van der Waals surface area (Å²) in [5.41, 5.74) is 7.93. The topological polar surface area (TPSA) is 175 Å². The van der Waals surface area contributed by atoms with E-state index in [2.05, 4.69) is 15.6 Å². The number of benzene rings is 2. The van der Waals surface area contributed by atoms with E-state index >= 15 is 0 Å². The number of carboxylic acid groups (broad SMARTS) is 2. The molecule has 10 heteroatoms. The maximum atomic E-state index is 13.1. The van der Waals surface area contributed by atoms with Crippen molar-refractivity contribution in [3.8, 4) is 0 Å². The van der Waals surface area contributed by atoms with Crippen molar-refractivity contribution in [2.24, 2.45) is 5.73 Å². The van der Waals surface area contributed by atoms with Gasteiger partial charge in [-0.2, -0.15) is 0 Å². The van der Waals surface area contributed by atoms with Crippen molar-refractivity contribution in [3.05, 3.63) is 71.9 Å². The van der Waals surface area contributed by atoms with Crippen LogP contribution in [0.4, 0.5) is 0 Å². The van der Waals surface area contributed by atoms with E-state index in [1.807, 2.05) is 24.3 Å². The van der Waals surface area contributed by atoms with Crippen LogP contribution in [0.5, 0.6) is 0 Å². The molecule has 178 valence electrons. The van der Waals surface area contributed by atoms with Crippen LogP contribution >= 0.6 is 0 Å². The number of hydrogen-bond donors (Lipinski definition) is 6. The van der Waals surface area contributed by atoms with Gasteiger partial charge in [-0.3, -0.25) is 14.4 Å². The van der Waals surface area contributed by atoms with E-state index in [1.54, 1.807) is 36.5 Å². The zero-order chi connectivity index (χ0) is 24.7. The summed E-state index contributed by atoms with van der Waals surface area (Å²) in [7, 11) is 0. The minimum atomic E-state index is -1.37. The highest BCUT2D eigenvalue weighted by Crippen LogP contribution is 2.19. The predicted octanol–water partition coefficient (Wildman–Crippen LogP) is 0.809. The van der Waals surface area contributed by atoms with Crippen LogP contribution in [-0.2, 0) is 32.0 Å². The number of aliphatic carboxylic acids is 2. The highest BCUT2D eigenvalue weighted by Gasteiger charge is 2.29. The number of carbonyl (C=O) groups is 4. The Hall–Kier alpha value is -4.18. The van der Waals surface area contributed by atoms with Gasteiger partial charge in [0, 0.05) is 29.9 Å². The van der Waals surface area contributed by atoms with Crippen molar-refractivity contribution >= 4 is 34.7 Å². The highest BCUT2D eigenvalue weighted by molar-refractivity contribution is 5.94. The molecule has 0 spiro atoms. The van der Waals surface area contributed by atoms with Crippen LogP contribution in [0.2, 0.25) is 0 Å². The van der Waals surface area contributed by atoms with Gasteiger partial charge < -0.3 is 31.6 Å². The van der Waals surface area contributed by atoms with Crippen LogP contribution in [0.3, 0.4) is 0 Å². The molecule has 0 aliphatic carbocycles. The Bertz CT molecular complexity index is 1180. The first-order valence-electron chi connectivity index (χ1n) is 10.6. The number of amides is 2. The Morgan fingerprint density at radius 3 is 2.18 bits per heavy atom. The van der Waals surface area contributed by atoms with Crippen molar-refractivity contribution in [1.29, 1.82) is 0 Å². The number of carbonyl (C=O) groups excluding carboxylic acids is 2. The largest absolute Gasteiger partial charge is 0.481 e. The Morgan fingerprint density at radius 2 is 1.50 bits per heavy atom. The second kappa shape index (κ2) is 11.1. The summed E-state index contributed by atoms with van der Waals surface area (Å²) < 4.78 is 0. The summed E-state index contributed by atoms with van der Waals surface area (Å²) in [6.45, 7) is 0. The lowest BCUT2D eigenvalue weighted by Gasteiger charge is -2.23. The Kier molecular flexibility index (Phi) is 7.99. The molecule has 1 aromatic heterocycles. The summed E-state index contributed by atoms with van der Waals surface area (Å²) in [6, 6.07) is 12.4. The Morgan fingerprint density at radius 1 is 0.853 bits per heavy atom. The van der Waals surface area contributed by atoms with E-state index in [9.17, 15) is 24.3 Å². The lowest BCUT2D eigenvalue weighted by Crippen LogP contribution is -2.55. The van der Waals surface area contributed by atoms with Crippen molar-refractivity contribution in [1.82, 2.24) is 15.6 Å². The molecule has 10 nitrogen and oxygen atoms in total. The second-order valence-corrected chi connectivity index (χ2v) is 7.92. The maximum Gasteiger partial charge on any atom is 0.326 e. The first-order chi connectivity index (χ1) is 16.2. The summed E-state index contributed by atoms with van der Waals surface area (Å²) in [5.74, 6) is -4.02. The number of carboxylic acids is 2. The molecule has 0 bridgehead atoms. The van der Waals surface area contributed by atoms with Gasteiger partial charge in [0.15, 0.2) is 0 Å². The normalized spacial score (nSPS) is 13.6. The number of H-pyrrole nitrogens is 1. The minimum absolute atomic E-state index is 0.0407. The maximum absolute atomic E-state index is 13.1. The molecule has 2 aromatic carbocycles. The smallest absolute Gasteiger partial charge is 0.326 e. The Balaban J connectivity index is 1.81. The Labute approximate surface area is 195 Å². The van der Waals surface area contributed by atoms with E-state index in [0.29, 0.717) is 0 Å². The molecule has 0 saturated carbocycles. The fourth-order valence-electron chi connectivity index (χ4n) is 3.61. The third kappa shape index (κ3) is 6.42. The van der Waals surface area contributed by atoms with Gasteiger partial charge in [-0.1, -0.05) is 48.5 Å². The van der Waals surface area contributed by atoms with Crippen LogP contribution < -0.4 is 16.4 Å². The quantitative estimate of drug-likeness (QED) is 0.242. The van der Waals surface area contributed by atoms with E-state index in [-0.39, 0.29) is 12.8 Å². The molecule has 0 aliphatic heterocycles. The lowest BCUT2D eigenvalue weighted by molar-refractivity contribution is -0.142. The van der Waals surface area contributed by atoms with Gasteiger partial charge in [0.25, 0.3) is 0 Å². The van der Waals surface area contributed by atoms with Gasteiger partial charge in [-0.05, 0) is 17.2 Å². The monoisotopic (exact) mass is 466 g/mol. The number of nitrogens with two attached hydrogens (primary N) is 1. The second-order valence-electron chi connectivity index (χ2n) is 7.92. The summed E-state index contributed by atoms with van der Waals surface area (Å²) in [4.78, 5) is 51.4. The molecule has 7 N–H and O–H groups in total. The van der Waals surface area contributed by atoms with Gasteiger partial charge in [-0.15, -0.1) is 0 Å². The number of nitrogens with one attached hydrogen (secondary N) is 3. The van der Waals surface area contributed by atoms with E-state index in [0.717, 1.165) is 22.0 Å². The molecular formula is C24H26N4O6. The van der Waals surface area contributed by atoms with Gasteiger partial charge in [0.2, 0.25) is 11.8 Å². The average molecular weight is 466 g/mol. The van der Waals surface area contributed by atoms with E-state index < -0.39 is 48.3 Å². The van der Waals surface area contributed by atoms with Crippen molar-refractivity contribution in [2.45, 2.75) is 37.4 Å². The van der Waals surface area contributed by atoms with Crippen LogP contribution in [0.25, 0.3) is 10.9 Å². The molecular weight excluding hydrogens is 440 g/mol.